The maximum Gasteiger partial charge on any atom is 0.258 e. The van der Waals surface area contributed by atoms with Gasteiger partial charge in [0.1, 0.15) is 0 Å². The van der Waals surface area contributed by atoms with Crippen LogP contribution >= 0.6 is 11.6 Å². The molecule has 0 aliphatic heterocycles. The van der Waals surface area contributed by atoms with Crippen molar-refractivity contribution in [1.82, 2.24) is 19.7 Å². The van der Waals surface area contributed by atoms with Gasteiger partial charge in [0.05, 0.1) is 21.7 Å². The number of benzene rings is 1. The first-order chi connectivity index (χ1) is 15.7. The predicted molar refractivity (Wildman–Crippen MR) is 126 cm³/mol. The minimum Gasteiger partial charge on any atom is -0.304 e. The van der Waals surface area contributed by atoms with Crippen molar-refractivity contribution in [3.8, 4) is 11.3 Å². The van der Waals surface area contributed by atoms with Crippen LogP contribution in [0.1, 0.15) is 42.5 Å². The minimum atomic E-state index is -0.267. The molecule has 1 fully saturated rings. The van der Waals surface area contributed by atoms with Gasteiger partial charge in [0.25, 0.3) is 5.91 Å². The Morgan fingerprint density at radius 3 is 2.81 bits per heavy atom. The third-order valence-corrected chi connectivity index (χ3v) is 6.04. The Bertz CT molecular complexity index is 1240. The van der Waals surface area contributed by atoms with Crippen LogP contribution < -0.4 is 5.32 Å². The van der Waals surface area contributed by atoms with Gasteiger partial charge in [-0.25, -0.2) is 9.67 Å². The number of halogens is 1. The maximum absolute atomic E-state index is 12.7. The molecule has 32 heavy (non-hydrogen) atoms. The molecule has 5 rings (SSSR count). The average Bonchev–Trinajstić information content (AvgIpc) is 3.60. The number of aryl methyl sites for hydroxylation is 1. The quantitative estimate of drug-likeness (QED) is 0.349. The summed E-state index contributed by atoms with van der Waals surface area (Å²) in [6.45, 7) is 0.739. The molecule has 0 spiro atoms. The molecule has 1 aromatic carbocycles. The van der Waals surface area contributed by atoms with Crippen LogP contribution in [0.3, 0.4) is 0 Å². The third-order valence-electron chi connectivity index (χ3n) is 5.75. The van der Waals surface area contributed by atoms with E-state index in [2.05, 4.69) is 16.4 Å². The SMILES string of the molecule is O=C(Nc1nn(CCCCC2CC2)c2nc(-c3cc[c]cc3)c(Cl)cc12)c1cccnc1. The number of anilines is 1. The smallest absolute Gasteiger partial charge is 0.258 e. The molecule has 1 saturated carbocycles. The molecule has 0 atom stereocenters. The molecule has 0 unspecified atom stereocenters. The number of hydrogen-bond donors (Lipinski definition) is 1. The zero-order chi connectivity index (χ0) is 21.9. The van der Waals surface area contributed by atoms with E-state index in [1.165, 1.54) is 31.9 Å². The second-order valence-electron chi connectivity index (χ2n) is 8.19. The Morgan fingerprint density at radius 2 is 2.06 bits per heavy atom. The van der Waals surface area contributed by atoms with Gasteiger partial charge in [0, 0.05) is 24.5 Å². The van der Waals surface area contributed by atoms with Crippen LogP contribution in [-0.4, -0.2) is 25.7 Å². The van der Waals surface area contributed by atoms with Gasteiger partial charge in [0.2, 0.25) is 0 Å². The second kappa shape index (κ2) is 9.09. The molecule has 161 valence electrons. The minimum absolute atomic E-state index is 0.267. The standard InChI is InChI=1S/C25H23ClN5O/c26-21-15-20-23(29-25(32)19-10-6-13-27-16-19)30-31(14-5-4-7-17-11-12-17)24(20)28-22(21)18-8-2-1-3-9-18/h2-3,6,8-10,13,15-17H,4-5,7,11-12,14H2,(H,29,30,32). The van der Waals surface area contributed by atoms with E-state index in [1.807, 2.05) is 35.0 Å². The van der Waals surface area contributed by atoms with Crippen molar-refractivity contribution in [3.05, 3.63) is 71.5 Å². The zero-order valence-corrected chi connectivity index (χ0v) is 18.3. The number of carbonyl (C=O) groups is 1. The van der Waals surface area contributed by atoms with Crippen molar-refractivity contribution in [3.63, 3.8) is 0 Å². The number of nitrogens with one attached hydrogen (secondary N) is 1. The number of amides is 1. The summed E-state index contributed by atoms with van der Waals surface area (Å²) in [7, 11) is 0. The predicted octanol–water partition coefficient (Wildman–Crippen LogP) is 5.78. The molecule has 7 heteroatoms. The summed E-state index contributed by atoms with van der Waals surface area (Å²) in [4.78, 5) is 21.6. The monoisotopic (exact) mass is 444 g/mol. The summed E-state index contributed by atoms with van der Waals surface area (Å²) >= 11 is 6.61. The first kappa shape index (κ1) is 20.6. The molecule has 1 aliphatic carbocycles. The number of nitrogens with zero attached hydrogens (tertiary/aromatic N) is 4. The molecule has 1 N–H and O–H groups in total. The molecule has 0 bridgehead atoms. The van der Waals surface area contributed by atoms with E-state index in [4.69, 9.17) is 21.7 Å². The fourth-order valence-electron chi connectivity index (χ4n) is 3.85. The Kier molecular flexibility index (Phi) is 5.86. The number of hydrogen-bond acceptors (Lipinski definition) is 4. The molecule has 0 saturated heterocycles. The summed E-state index contributed by atoms with van der Waals surface area (Å²) in [6, 6.07) is 15.8. The largest absolute Gasteiger partial charge is 0.304 e. The zero-order valence-electron chi connectivity index (χ0n) is 17.6. The van der Waals surface area contributed by atoms with Crippen molar-refractivity contribution >= 4 is 34.4 Å². The third kappa shape index (κ3) is 4.50. The number of aromatic nitrogens is 4. The van der Waals surface area contributed by atoms with Crippen molar-refractivity contribution in [1.29, 1.82) is 0 Å². The van der Waals surface area contributed by atoms with E-state index in [0.29, 0.717) is 27.7 Å². The molecule has 6 nitrogen and oxygen atoms in total. The molecule has 3 aromatic heterocycles. The van der Waals surface area contributed by atoms with E-state index < -0.39 is 0 Å². The van der Waals surface area contributed by atoms with Gasteiger partial charge in [-0.3, -0.25) is 9.78 Å². The summed E-state index contributed by atoms with van der Waals surface area (Å²) in [5.41, 5.74) is 2.79. The highest BCUT2D eigenvalue weighted by molar-refractivity contribution is 6.34. The Balaban J connectivity index is 1.49. The molecule has 1 radical (unpaired) electrons. The topological polar surface area (TPSA) is 72.7 Å². The summed E-state index contributed by atoms with van der Waals surface area (Å²) in [6.07, 6.45) is 9.36. The lowest BCUT2D eigenvalue weighted by atomic mass is 10.1. The summed E-state index contributed by atoms with van der Waals surface area (Å²) < 4.78 is 1.88. The van der Waals surface area contributed by atoms with Gasteiger partial charge >= 0.3 is 0 Å². The van der Waals surface area contributed by atoms with Crippen LogP contribution in [0.2, 0.25) is 5.02 Å². The number of carbonyl (C=O) groups excluding carboxylic acids is 1. The lowest BCUT2D eigenvalue weighted by Crippen LogP contribution is -2.13. The van der Waals surface area contributed by atoms with Crippen LogP contribution in [0.25, 0.3) is 22.3 Å². The lowest BCUT2D eigenvalue weighted by Gasteiger charge is -2.07. The van der Waals surface area contributed by atoms with Crippen LogP contribution in [0.4, 0.5) is 5.82 Å². The van der Waals surface area contributed by atoms with Crippen LogP contribution in [-0.2, 0) is 6.54 Å². The van der Waals surface area contributed by atoms with Crippen molar-refractivity contribution in [2.75, 3.05) is 5.32 Å². The van der Waals surface area contributed by atoms with Crippen LogP contribution in [0.5, 0.6) is 0 Å². The average molecular weight is 445 g/mol. The van der Waals surface area contributed by atoms with Crippen molar-refractivity contribution < 1.29 is 4.79 Å². The molecular weight excluding hydrogens is 422 g/mol. The van der Waals surface area contributed by atoms with E-state index in [-0.39, 0.29) is 5.91 Å². The normalized spacial score (nSPS) is 13.4. The van der Waals surface area contributed by atoms with Crippen LogP contribution in [0, 0.1) is 12.0 Å². The lowest BCUT2D eigenvalue weighted by molar-refractivity contribution is 0.102. The van der Waals surface area contributed by atoms with Gasteiger partial charge < -0.3 is 5.32 Å². The van der Waals surface area contributed by atoms with Gasteiger partial charge in [0.15, 0.2) is 11.5 Å². The maximum atomic E-state index is 12.7. The highest BCUT2D eigenvalue weighted by Gasteiger charge is 2.21. The van der Waals surface area contributed by atoms with E-state index in [0.717, 1.165) is 29.8 Å². The molecule has 3 heterocycles. The fourth-order valence-corrected chi connectivity index (χ4v) is 4.11. The van der Waals surface area contributed by atoms with Gasteiger partial charge in [-0.2, -0.15) is 5.10 Å². The molecule has 1 aliphatic rings. The Labute approximate surface area is 191 Å². The summed E-state index contributed by atoms with van der Waals surface area (Å²) in [5, 5.41) is 8.84. The highest BCUT2D eigenvalue weighted by atomic mass is 35.5. The van der Waals surface area contributed by atoms with Gasteiger partial charge in [-0.15, -0.1) is 0 Å². The number of pyridine rings is 2. The first-order valence-electron chi connectivity index (χ1n) is 10.9. The van der Waals surface area contributed by atoms with E-state index in [1.54, 1.807) is 18.3 Å². The fraction of sp³-hybridized carbons (Fsp3) is 0.280. The van der Waals surface area contributed by atoms with Crippen molar-refractivity contribution in [2.45, 2.75) is 38.6 Å². The number of unbranched alkanes of at least 4 members (excludes halogenated alkanes) is 1. The number of fused-ring (bicyclic) bond motifs is 1. The highest BCUT2D eigenvalue weighted by Crippen LogP contribution is 2.35. The number of rotatable bonds is 8. The van der Waals surface area contributed by atoms with Gasteiger partial charge in [-0.05, 0) is 36.6 Å². The second-order valence-corrected chi connectivity index (χ2v) is 8.59. The van der Waals surface area contributed by atoms with Crippen LogP contribution in [0.15, 0.2) is 54.9 Å². The van der Waals surface area contributed by atoms with Crippen molar-refractivity contribution in [2.24, 2.45) is 5.92 Å². The Morgan fingerprint density at radius 1 is 1.22 bits per heavy atom. The van der Waals surface area contributed by atoms with Gasteiger partial charge in [-0.1, -0.05) is 61.5 Å². The molecule has 1 amide bonds. The van der Waals surface area contributed by atoms with E-state index >= 15 is 0 Å². The van der Waals surface area contributed by atoms with E-state index in [9.17, 15) is 4.79 Å². The summed E-state index contributed by atoms with van der Waals surface area (Å²) in [5.74, 6) is 1.10. The first-order valence-corrected chi connectivity index (χ1v) is 11.3. The molecule has 4 aromatic rings. The molecular formula is C25H23ClN5O. The Hall–Kier alpha value is -3.25.